The quantitative estimate of drug-likeness (QED) is 0.819. The van der Waals surface area contributed by atoms with Gasteiger partial charge in [-0.25, -0.2) is 4.98 Å². The number of amides is 1. The number of carbonyl (C=O) groups is 1. The third-order valence-corrected chi connectivity index (χ3v) is 4.10. The molecule has 1 aliphatic heterocycles. The number of rotatable bonds is 5. The van der Waals surface area contributed by atoms with Gasteiger partial charge < -0.3 is 15.5 Å². The summed E-state index contributed by atoms with van der Waals surface area (Å²) in [7, 11) is 1.75. The fraction of sp³-hybridized carbons (Fsp3) is 0.600. The second kappa shape index (κ2) is 7.09. The number of hydrogen-bond donors (Lipinski definition) is 2. The van der Waals surface area contributed by atoms with Crippen molar-refractivity contribution >= 4 is 23.3 Å². The molecule has 1 aromatic rings. The smallest absolute Gasteiger partial charge is 0.251 e. The Hall–Kier alpha value is -1.33. The van der Waals surface area contributed by atoms with Crippen molar-refractivity contribution in [2.24, 2.45) is 5.92 Å². The molecule has 1 aliphatic rings. The number of carbonyl (C=O) groups excluding carboxylic acids is 1. The van der Waals surface area contributed by atoms with Crippen molar-refractivity contribution in [1.29, 1.82) is 0 Å². The lowest BCUT2D eigenvalue weighted by atomic mass is 10.1. The molecule has 21 heavy (non-hydrogen) atoms. The molecule has 1 atom stereocenters. The van der Waals surface area contributed by atoms with Crippen molar-refractivity contribution in [2.45, 2.75) is 26.3 Å². The first-order valence-electron chi connectivity index (χ1n) is 7.37. The molecule has 0 bridgehead atoms. The summed E-state index contributed by atoms with van der Waals surface area (Å²) < 4.78 is 0. The van der Waals surface area contributed by atoms with E-state index < -0.39 is 0 Å². The Kier molecular flexibility index (Phi) is 5.42. The average molecular weight is 311 g/mol. The first kappa shape index (κ1) is 16.0. The molecule has 0 aliphatic carbocycles. The maximum Gasteiger partial charge on any atom is 0.251 e. The predicted octanol–water partition coefficient (Wildman–Crippen LogP) is 2.24. The number of nitrogens with one attached hydrogen (secondary N) is 2. The fourth-order valence-corrected chi connectivity index (χ4v) is 2.80. The molecule has 5 nitrogen and oxygen atoms in total. The molecule has 116 valence electrons. The standard InChI is InChI=1S/C15H23ClN4O/c1-10(2)20-5-4-11(9-20)8-18-15(21)12-6-13(16)19-14(7-12)17-3/h6-7,10-11H,4-5,8-9H2,1-3H3,(H,17,19)(H,18,21). The van der Waals surface area contributed by atoms with Crippen molar-refractivity contribution in [2.75, 3.05) is 32.0 Å². The molecule has 6 heteroatoms. The van der Waals surface area contributed by atoms with Crippen LogP contribution in [-0.4, -0.2) is 48.5 Å². The molecule has 1 fully saturated rings. The molecule has 0 aromatic carbocycles. The first-order chi connectivity index (χ1) is 9.99. The number of aromatic nitrogens is 1. The van der Waals surface area contributed by atoms with Gasteiger partial charge in [0.05, 0.1) is 0 Å². The van der Waals surface area contributed by atoms with Crippen LogP contribution < -0.4 is 10.6 Å². The highest BCUT2D eigenvalue weighted by molar-refractivity contribution is 6.29. The highest BCUT2D eigenvalue weighted by atomic mass is 35.5. The number of anilines is 1. The average Bonchev–Trinajstić information content (AvgIpc) is 2.93. The van der Waals surface area contributed by atoms with E-state index in [-0.39, 0.29) is 5.91 Å². The minimum atomic E-state index is -0.0983. The number of nitrogens with zero attached hydrogens (tertiary/aromatic N) is 2. The zero-order valence-corrected chi connectivity index (χ0v) is 13.6. The van der Waals surface area contributed by atoms with E-state index in [2.05, 4.69) is 34.4 Å². The molecule has 1 aromatic heterocycles. The van der Waals surface area contributed by atoms with E-state index in [4.69, 9.17) is 11.6 Å². The van der Waals surface area contributed by atoms with Crippen molar-refractivity contribution in [3.05, 3.63) is 22.8 Å². The largest absolute Gasteiger partial charge is 0.373 e. The Morgan fingerprint density at radius 3 is 2.90 bits per heavy atom. The summed E-state index contributed by atoms with van der Waals surface area (Å²) in [6, 6.07) is 3.87. The molecule has 0 spiro atoms. The van der Waals surface area contributed by atoms with E-state index >= 15 is 0 Å². The molecule has 2 rings (SSSR count). The lowest BCUT2D eigenvalue weighted by Gasteiger charge is -2.20. The molecule has 2 heterocycles. The number of halogens is 1. The summed E-state index contributed by atoms with van der Waals surface area (Å²) in [6.45, 7) is 7.29. The molecule has 0 saturated carbocycles. The zero-order valence-electron chi connectivity index (χ0n) is 12.8. The van der Waals surface area contributed by atoms with Crippen LogP contribution in [0.15, 0.2) is 12.1 Å². The zero-order chi connectivity index (χ0) is 15.4. The van der Waals surface area contributed by atoms with Gasteiger partial charge in [0.2, 0.25) is 0 Å². The second-order valence-corrected chi connectivity index (χ2v) is 6.15. The summed E-state index contributed by atoms with van der Waals surface area (Å²) in [5.74, 6) is 1.02. The molecular weight excluding hydrogens is 288 g/mol. The Morgan fingerprint density at radius 1 is 1.52 bits per heavy atom. The van der Waals surface area contributed by atoms with E-state index in [1.165, 1.54) is 0 Å². The lowest BCUT2D eigenvalue weighted by molar-refractivity contribution is 0.0947. The molecule has 1 unspecified atom stereocenters. The maximum atomic E-state index is 12.2. The third-order valence-electron chi connectivity index (χ3n) is 3.91. The van der Waals surface area contributed by atoms with Gasteiger partial charge in [-0.2, -0.15) is 0 Å². The molecule has 0 radical (unpaired) electrons. The van der Waals surface area contributed by atoms with E-state index in [0.717, 1.165) is 19.5 Å². The minimum Gasteiger partial charge on any atom is -0.373 e. The van der Waals surface area contributed by atoms with Gasteiger partial charge in [0.1, 0.15) is 11.0 Å². The number of pyridine rings is 1. The minimum absolute atomic E-state index is 0.0983. The number of hydrogen-bond acceptors (Lipinski definition) is 4. The first-order valence-corrected chi connectivity index (χ1v) is 7.75. The van der Waals surface area contributed by atoms with E-state index in [1.54, 1.807) is 19.2 Å². The van der Waals surface area contributed by atoms with Crippen LogP contribution in [-0.2, 0) is 0 Å². The Balaban J connectivity index is 1.89. The predicted molar refractivity (Wildman–Crippen MR) is 85.9 cm³/mol. The summed E-state index contributed by atoms with van der Waals surface area (Å²) in [6.07, 6.45) is 1.14. The van der Waals surface area contributed by atoms with Gasteiger partial charge in [-0.1, -0.05) is 11.6 Å². The van der Waals surface area contributed by atoms with Gasteiger partial charge in [-0.3, -0.25) is 4.79 Å². The topological polar surface area (TPSA) is 57.3 Å². The monoisotopic (exact) mass is 310 g/mol. The van der Waals surface area contributed by atoms with Crippen LogP contribution in [0, 0.1) is 5.92 Å². The molecule has 1 saturated heterocycles. The van der Waals surface area contributed by atoms with Gasteiger partial charge in [0, 0.05) is 31.7 Å². The Labute approximate surface area is 131 Å². The Bertz CT molecular complexity index is 506. The normalized spacial score (nSPS) is 19.0. The van der Waals surface area contributed by atoms with Crippen LogP contribution in [0.25, 0.3) is 0 Å². The van der Waals surface area contributed by atoms with E-state index in [9.17, 15) is 4.79 Å². The highest BCUT2D eigenvalue weighted by Gasteiger charge is 2.24. The molecule has 2 N–H and O–H groups in total. The lowest BCUT2D eigenvalue weighted by Crippen LogP contribution is -2.33. The van der Waals surface area contributed by atoms with Crippen LogP contribution in [0.2, 0.25) is 5.15 Å². The van der Waals surface area contributed by atoms with Crippen LogP contribution in [0.4, 0.5) is 5.82 Å². The van der Waals surface area contributed by atoms with E-state index in [0.29, 0.717) is 35.0 Å². The van der Waals surface area contributed by atoms with Gasteiger partial charge in [0.25, 0.3) is 5.91 Å². The third kappa shape index (κ3) is 4.32. The second-order valence-electron chi connectivity index (χ2n) is 5.77. The van der Waals surface area contributed by atoms with Gasteiger partial charge in [-0.05, 0) is 44.9 Å². The van der Waals surface area contributed by atoms with Crippen LogP contribution in [0.3, 0.4) is 0 Å². The van der Waals surface area contributed by atoms with Gasteiger partial charge in [-0.15, -0.1) is 0 Å². The van der Waals surface area contributed by atoms with Crippen molar-refractivity contribution in [1.82, 2.24) is 15.2 Å². The van der Waals surface area contributed by atoms with Crippen molar-refractivity contribution in [3.63, 3.8) is 0 Å². The van der Waals surface area contributed by atoms with Gasteiger partial charge >= 0.3 is 0 Å². The van der Waals surface area contributed by atoms with Crippen LogP contribution >= 0.6 is 11.6 Å². The summed E-state index contributed by atoms with van der Waals surface area (Å²) >= 11 is 5.92. The van der Waals surface area contributed by atoms with Gasteiger partial charge in [0.15, 0.2) is 0 Å². The summed E-state index contributed by atoms with van der Waals surface area (Å²) in [5, 5.41) is 6.21. The van der Waals surface area contributed by atoms with Crippen LogP contribution in [0.5, 0.6) is 0 Å². The maximum absolute atomic E-state index is 12.2. The molecule has 1 amide bonds. The Morgan fingerprint density at radius 2 is 2.29 bits per heavy atom. The molecular formula is C15H23ClN4O. The fourth-order valence-electron chi connectivity index (χ4n) is 2.59. The SMILES string of the molecule is CNc1cc(C(=O)NCC2CCN(C(C)C)C2)cc(Cl)n1. The highest BCUT2D eigenvalue weighted by Crippen LogP contribution is 2.18. The summed E-state index contributed by atoms with van der Waals surface area (Å²) in [4.78, 5) is 18.7. The van der Waals surface area contributed by atoms with E-state index in [1.807, 2.05) is 0 Å². The van der Waals surface area contributed by atoms with Crippen molar-refractivity contribution < 1.29 is 4.79 Å². The van der Waals surface area contributed by atoms with Crippen molar-refractivity contribution in [3.8, 4) is 0 Å². The number of likely N-dealkylation sites (tertiary alicyclic amines) is 1. The van der Waals surface area contributed by atoms with Crippen LogP contribution in [0.1, 0.15) is 30.6 Å². The summed E-state index contributed by atoms with van der Waals surface area (Å²) in [5.41, 5.74) is 0.540.